The number of benzene rings is 1. The first-order valence-corrected chi connectivity index (χ1v) is 4.99. The highest BCUT2D eigenvalue weighted by Crippen LogP contribution is 2.00. The van der Waals surface area contributed by atoms with Crippen molar-refractivity contribution >= 4 is 0 Å². The van der Waals surface area contributed by atoms with Gasteiger partial charge in [-0.1, -0.05) is 30.0 Å². The van der Waals surface area contributed by atoms with E-state index in [-0.39, 0.29) is 0 Å². The molecular weight excluding hydrogens is 212 g/mol. The van der Waals surface area contributed by atoms with Crippen LogP contribution in [0.4, 0.5) is 0 Å². The van der Waals surface area contributed by atoms with Gasteiger partial charge in [0.1, 0.15) is 11.6 Å². The molecule has 1 heterocycles. The summed E-state index contributed by atoms with van der Waals surface area (Å²) in [5.74, 6) is 5.78. The number of pyridine rings is 1. The minimum absolute atomic E-state index is 0.305. The van der Waals surface area contributed by atoms with Crippen molar-refractivity contribution in [1.29, 1.82) is 5.26 Å². The lowest BCUT2D eigenvalue weighted by Gasteiger charge is -1.95. The Labute approximate surface area is 99.2 Å². The van der Waals surface area contributed by atoms with Gasteiger partial charge in [-0.05, 0) is 18.2 Å². The van der Waals surface area contributed by atoms with Crippen LogP contribution in [0.1, 0.15) is 16.7 Å². The molecule has 0 aliphatic heterocycles. The van der Waals surface area contributed by atoms with Crippen molar-refractivity contribution < 1.29 is 4.73 Å². The normalized spacial score (nSPS) is 8.88. The Kier molecular flexibility index (Phi) is 3.05. The molecule has 0 N–H and O–H groups in total. The fourth-order valence-electron chi connectivity index (χ4n) is 1.35. The maximum Gasteiger partial charge on any atom is 0.198 e. The highest BCUT2D eigenvalue weighted by atomic mass is 16.5. The molecule has 3 nitrogen and oxygen atoms in total. The van der Waals surface area contributed by atoms with Crippen LogP contribution in [-0.4, -0.2) is 0 Å². The molecule has 80 valence electrons. The molecule has 0 bridgehead atoms. The summed E-state index contributed by atoms with van der Waals surface area (Å²) in [6, 6.07) is 13.0. The molecule has 1 aromatic carbocycles. The lowest BCUT2D eigenvalue weighted by molar-refractivity contribution is -0.605. The van der Waals surface area contributed by atoms with Gasteiger partial charge in [0.25, 0.3) is 0 Å². The summed E-state index contributed by atoms with van der Waals surface area (Å²) in [6.07, 6.45) is 2.56. The summed E-state index contributed by atoms with van der Waals surface area (Å²) in [4.78, 5) is 0. The van der Waals surface area contributed by atoms with Gasteiger partial charge >= 0.3 is 0 Å². The topological polar surface area (TPSA) is 50.7 Å². The van der Waals surface area contributed by atoms with Gasteiger partial charge in [0.2, 0.25) is 0 Å². The van der Waals surface area contributed by atoms with Crippen LogP contribution < -0.4 is 4.73 Å². The second-order valence-electron chi connectivity index (χ2n) is 3.40. The molecule has 17 heavy (non-hydrogen) atoms. The van der Waals surface area contributed by atoms with Crippen molar-refractivity contribution in [2.75, 3.05) is 0 Å². The lowest BCUT2D eigenvalue weighted by atomic mass is 10.2. The molecule has 0 aliphatic carbocycles. The fourth-order valence-corrected chi connectivity index (χ4v) is 1.35. The van der Waals surface area contributed by atoms with Gasteiger partial charge in [-0.15, -0.1) is 0 Å². The smallest absolute Gasteiger partial charge is 0.198 e. The maximum absolute atomic E-state index is 11.2. The van der Waals surface area contributed by atoms with Crippen molar-refractivity contribution in [3.8, 4) is 17.9 Å². The molecule has 3 heteroatoms. The van der Waals surface area contributed by atoms with Gasteiger partial charge < -0.3 is 5.21 Å². The maximum atomic E-state index is 11.2. The number of nitriles is 1. The molecule has 2 aromatic rings. The van der Waals surface area contributed by atoms with Crippen molar-refractivity contribution in [2.24, 2.45) is 0 Å². The van der Waals surface area contributed by atoms with E-state index in [0.29, 0.717) is 15.9 Å². The Morgan fingerprint density at radius 3 is 2.29 bits per heavy atom. The van der Waals surface area contributed by atoms with Gasteiger partial charge in [0, 0.05) is 5.56 Å². The minimum Gasteiger partial charge on any atom is -0.619 e. The lowest BCUT2D eigenvalue weighted by Crippen LogP contribution is -2.25. The molecule has 0 aliphatic rings. The van der Waals surface area contributed by atoms with E-state index in [1.807, 2.05) is 36.4 Å². The molecule has 0 atom stereocenters. The third-order valence-electron chi connectivity index (χ3n) is 2.10. The molecule has 0 spiro atoms. The Morgan fingerprint density at radius 1 is 0.941 bits per heavy atom. The van der Waals surface area contributed by atoms with Crippen molar-refractivity contribution in [2.45, 2.75) is 0 Å². The van der Waals surface area contributed by atoms with Gasteiger partial charge in [0.15, 0.2) is 12.4 Å². The summed E-state index contributed by atoms with van der Waals surface area (Å²) in [5.41, 5.74) is 1.70. The monoisotopic (exact) mass is 220 g/mol. The summed E-state index contributed by atoms with van der Waals surface area (Å²) in [5, 5.41) is 19.9. The van der Waals surface area contributed by atoms with Gasteiger partial charge in [-0.25, -0.2) is 0 Å². The molecule has 0 amide bonds. The summed E-state index contributed by atoms with van der Waals surface area (Å²) >= 11 is 0. The van der Waals surface area contributed by atoms with Gasteiger partial charge in [-0.3, -0.25) is 0 Å². The number of hydrogen-bond donors (Lipinski definition) is 0. The highest BCUT2D eigenvalue weighted by Gasteiger charge is 1.99. The Bertz CT molecular complexity index is 631. The zero-order valence-corrected chi connectivity index (χ0v) is 8.92. The quantitative estimate of drug-likeness (QED) is 0.384. The zero-order chi connectivity index (χ0) is 12.1. The van der Waals surface area contributed by atoms with Crippen LogP contribution in [0.3, 0.4) is 0 Å². The summed E-state index contributed by atoms with van der Waals surface area (Å²) in [7, 11) is 0. The molecule has 0 saturated heterocycles. The first kappa shape index (κ1) is 10.7. The van der Waals surface area contributed by atoms with E-state index in [2.05, 4.69) is 11.8 Å². The fraction of sp³-hybridized carbons (Fsp3) is 0. The van der Waals surface area contributed by atoms with E-state index in [1.54, 1.807) is 6.07 Å². The molecular formula is C14H8N2O. The predicted molar refractivity (Wildman–Crippen MR) is 62.5 cm³/mol. The standard InChI is InChI=1S/C14H8N2O/c15-9-14-8-13(10-16(17)11-14)7-6-12-4-2-1-3-5-12/h1-5,8,10-11H. The number of aromatic nitrogens is 1. The van der Waals surface area contributed by atoms with Crippen LogP contribution in [0.25, 0.3) is 0 Å². The van der Waals surface area contributed by atoms with E-state index >= 15 is 0 Å². The number of rotatable bonds is 0. The second-order valence-corrected chi connectivity index (χ2v) is 3.40. The highest BCUT2D eigenvalue weighted by molar-refractivity contribution is 5.43. The van der Waals surface area contributed by atoms with Crippen LogP contribution >= 0.6 is 0 Å². The van der Waals surface area contributed by atoms with E-state index < -0.39 is 0 Å². The average molecular weight is 220 g/mol. The minimum atomic E-state index is 0.305. The zero-order valence-electron chi connectivity index (χ0n) is 8.92. The molecule has 0 fully saturated rings. The largest absolute Gasteiger partial charge is 0.619 e. The molecule has 2 rings (SSSR count). The third kappa shape index (κ3) is 2.84. The second kappa shape index (κ2) is 4.83. The Morgan fingerprint density at radius 2 is 1.59 bits per heavy atom. The van der Waals surface area contributed by atoms with Gasteiger partial charge in [-0.2, -0.15) is 9.99 Å². The molecule has 0 saturated carbocycles. The van der Waals surface area contributed by atoms with E-state index in [1.165, 1.54) is 12.4 Å². The third-order valence-corrected chi connectivity index (χ3v) is 2.10. The Hall–Kier alpha value is -2.78. The van der Waals surface area contributed by atoms with Crippen molar-refractivity contribution in [1.82, 2.24) is 0 Å². The van der Waals surface area contributed by atoms with Crippen molar-refractivity contribution in [3.05, 3.63) is 70.7 Å². The molecule has 1 aromatic heterocycles. The first-order chi connectivity index (χ1) is 8.28. The Balaban J connectivity index is 2.35. The molecule has 0 unspecified atom stereocenters. The van der Waals surface area contributed by atoms with Crippen LogP contribution in [0.15, 0.2) is 48.8 Å². The van der Waals surface area contributed by atoms with Crippen LogP contribution in [-0.2, 0) is 0 Å². The van der Waals surface area contributed by atoms with E-state index in [4.69, 9.17) is 5.26 Å². The van der Waals surface area contributed by atoms with Crippen LogP contribution in [0.2, 0.25) is 0 Å². The van der Waals surface area contributed by atoms with Gasteiger partial charge in [0.05, 0.1) is 5.56 Å². The van der Waals surface area contributed by atoms with Crippen LogP contribution in [0.5, 0.6) is 0 Å². The predicted octanol–water partition coefficient (Wildman–Crippen LogP) is 1.59. The van der Waals surface area contributed by atoms with Crippen molar-refractivity contribution in [3.63, 3.8) is 0 Å². The SMILES string of the molecule is N#Cc1cc(C#Cc2ccccc2)c[n+]([O-])c1. The van der Waals surface area contributed by atoms with E-state index in [9.17, 15) is 5.21 Å². The summed E-state index contributed by atoms with van der Waals surface area (Å²) < 4.78 is 0.591. The van der Waals surface area contributed by atoms with Crippen LogP contribution in [0, 0.1) is 28.4 Å². The average Bonchev–Trinajstić information content (AvgIpc) is 2.37. The molecule has 0 radical (unpaired) electrons. The summed E-state index contributed by atoms with van der Waals surface area (Å²) in [6.45, 7) is 0. The number of hydrogen-bond acceptors (Lipinski definition) is 2. The first-order valence-electron chi connectivity index (χ1n) is 4.99. The van der Waals surface area contributed by atoms with E-state index in [0.717, 1.165) is 5.56 Å². The number of nitrogens with zero attached hydrogens (tertiary/aromatic N) is 2.